The van der Waals surface area contributed by atoms with Crippen molar-refractivity contribution in [3.63, 3.8) is 0 Å². The molecule has 1 aliphatic carbocycles. The molecule has 1 amide bonds. The largest absolute Gasteiger partial charge is 0.493 e. The number of anilines is 1. The topological polar surface area (TPSA) is 89.5 Å². The van der Waals surface area contributed by atoms with Crippen LogP contribution in [-0.4, -0.2) is 30.4 Å². The lowest BCUT2D eigenvalue weighted by atomic mass is 9.73. The molecule has 2 heterocycles. The maximum Gasteiger partial charge on any atom is 0.255 e. The molecule has 1 aromatic carbocycles. The van der Waals surface area contributed by atoms with Crippen LogP contribution in [0.1, 0.15) is 43.7 Å². The van der Waals surface area contributed by atoms with E-state index in [1.165, 1.54) is 0 Å². The molecule has 1 aliphatic heterocycles. The average molecular weight is 474 g/mol. The van der Waals surface area contributed by atoms with Crippen LogP contribution in [0, 0.1) is 12.8 Å². The van der Waals surface area contributed by atoms with Crippen molar-refractivity contribution in [1.82, 2.24) is 10.3 Å². The highest BCUT2D eigenvalue weighted by atomic mass is 16.5. The minimum atomic E-state index is -0.543. The Hall–Kier alpha value is -3.87. The van der Waals surface area contributed by atoms with Gasteiger partial charge in [0.2, 0.25) is 0 Å². The number of Topliss-reactive ketones (excluding diaryl/α,β-unsaturated/α-hetero) is 1. The Morgan fingerprint density at radius 1 is 1.23 bits per heavy atom. The van der Waals surface area contributed by atoms with E-state index in [4.69, 9.17) is 9.47 Å². The van der Waals surface area contributed by atoms with Crippen molar-refractivity contribution in [2.24, 2.45) is 5.92 Å². The number of hydrogen-bond donors (Lipinski definition) is 2. The number of amides is 1. The zero-order valence-corrected chi connectivity index (χ0v) is 20.6. The van der Waals surface area contributed by atoms with Crippen molar-refractivity contribution in [3.05, 3.63) is 82.9 Å². The number of ether oxygens (including phenoxy) is 2. The Balaban J connectivity index is 1.80. The zero-order valence-electron chi connectivity index (χ0n) is 20.6. The fourth-order valence-electron chi connectivity index (χ4n) is 4.73. The predicted molar refractivity (Wildman–Crippen MR) is 135 cm³/mol. The predicted octanol–water partition coefficient (Wildman–Crippen LogP) is 4.82. The summed E-state index contributed by atoms with van der Waals surface area (Å²) in [6.45, 7) is 9.90. The highest BCUT2D eigenvalue weighted by Gasteiger charge is 2.40. The smallest absolute Gasteiger partial charge is 0.255 e. The molecular weight excluding hydrogens is 442 g/mol. The number of benzene rings is 1. The SMILES string of the molecule is C=CCOc1ccc([C@H]2C(C(=O)Nc3ccc(C)cn3)=C(C)NC3=C2C(=O)C[C@@H](C)C3)cc1OC. The van der Waals surface area contributed by atoms with Crippen molar-refractivity contribution in [1.29, 1.82) is 0 Å². The number of ketones is 1. The Bertz CT molecular complexity index is 1230. The van der Waals surface area contributed by atoms with Crippen LogP contribution < -0.4 is 20.1 Å². The van der Waals surface area contributed by atoms with Crippen molar-refractivity contribution in [2.45, 2.75) is 39.5 Å². The molecule has 7 nitrogen and oxygen atoms in total. The minimum absolute atomic E-state index is 0.0495. The van der Waals surface area contributed by atoms with Gasteiger partial charge in [0.15, 0.2) is 17.3 Å². The number of dihydropyridines is 1. The van der Waals surface area contributed by atoms with Gasteiger partial charge < -0.3 is 20.1 Å². The minimum Gasteiger partial charge on any atom is -0.493 e. The number of carbonyl (C=O) groups is 2. The van der Waals surface area contributed by atoms with Gasteiger partial charge in [0.25, 0.3) is 5.91 Å². The molecule has 7 heteroatoms. The summed E-state index contributed by atoms with van der Waals surface area (Å²) in [5, 5.41) is 6.27. The first-order valence-electron chi connectivity index (χ1n) is 11.7. The number of rotatable bonds is 7. The second kappa shape index (κ2) is 10.2. The number of carbonyl (C=O) groups excluding carboxylic acids is 2. The molecule has 1 aromatic heterocycles. The summed E-state index contributed by atoms with van der Waals surface area (Å²) >= 11 is 0. The summed E-state index contributed by atoms with van der Waals surface area (Å²) in [6, 6.07) is 9.19. The Morgan fingerprint density at radius 3 is 2.71 bits per heavy atom. The molecule has 35 heavy (non-hydrogen) atoms. The number of aromatic nitrogens is 1. The number of allylic oxidation sites excluding steroid dienone is 3. The van der Waals surface area contributed by atoms with Crippen LogP contribution in [0.3, 0.4) is 0 Å². The Morgan fingerprint density at radius 2 is 2.03 bits per heavy atom. The number of methoxy groups -OCH3 is 1. The maximum atomic E-state index is 13.6. The first kappa shape index (κ1) is 24.3. The lowest BCUT2D eigenvalue weighted by molar-refractivity contribution is -0.117. The number of nitrogens with zero attached hydrogens (tertiary/aromatic N) is 1. The number of hydrogen-bond acceptors (Lipinski definition) is 6. The zero-order chi connectivity index (χ0) is 25.1. The van der Waals surface area contributed by atoms with Gasteiger partial charge in [0.1, 0.15) is 12.4 Å². The van der Waals surface area contributed by atoms with E-state index in [1.54, 1.807) is 25.4 Å². The molecule has 0 radical (unpaired) electrons. The van der Waals surface area contributed by atoms with Gasteiger partial charge in [-0.05, 0) is 55.5 Å². The quantitative estimate of drug-likeness (QED) is 0.561. The fourth-order valence-corrected chi connectivity index (χ4v) is 4.73. The van der Waals surface area contributed by atoms with Crippen molar-refractivity contribution in [2.75, 3.05) is 19.0 Å². The van der Waals surface area contributed by atoms with Gasteiger partial charge >= 0.3 is 0 Å². The third-order valence-corrected chi connectivity index (χ3v) is 6.31. The summed E-state index contributed by atoms with van der Waals surface area (Å²) in [5.74, 6) is 0.984. The summed E-state index contributed by atoms with van der Waals surface area (Å²) in [4.78, 5) is 31.2. The molecule has 0 fully saturated rings. The van der Waals surface area contributed by atoms with Gasteiger partial charge in [0.05, 0.1) is 7.11 Å². The van der Waals surface area contributed by atoms with Crippen LogP contribution in [0.15, 0.2) is 71.7 Å². The number of aryl methyl sites for hydroxylation is 1. The lowest BCUT2D eigenvalue weighted by Gasteiger charge is -2.36. The lowest BCUT2D eigenvalue weighted by Crippen LogP contribution is -2.37. The highest BCUT2D eigenvalue weighted by molar-refractivity contribution is 6.09. The molecule has 4 rings (SSSR count). The van der Waals surface area contributed by atoms with E-state index >= 15 is 0 Å². The highest BCUT2D eigenvalue weighted by Crippen LogP contribution is 2.45. The van der Waals surface area contributed by atoms with Crippen LogP contribution in [-0.2, 0) is 9.59 Å². The molecule has 0 saturated heterocycles. The molecule has 0 bridgehead atoms. The molecule has 2 atom stereocenters. The molecule has 2 N–H and O–H groups in total. The molecule has 182 valence electrons. The molecule has 0 saturated carbocycles. The van der Waals surface area contributed by atoms with Crippen LogP contribution in [0.2, 0.25) is 0 Å². The van der Waals surface area contributed by atoms with Gasteiger partial charge in [-0.1, -0.05) is 31.7 Å². The van der Waals surface area contributed by atoms with Crippen molar-refractivity contribution in [3.8, 4) is 11.5 Å². The molecular formula is C28H31N3O4. The molecule has 0 spiro atoms. The van der Waals surface area contributed by atoms with E-state index in [0.29, 0.717) is 47.2 Å². The maximum absolute atomic E-state index is 13.6. The summed E-state index contributed by atoms with van der Waals surface area (Å²) in [5.41, 5.74) is 4.50. The van der Waals surface area contributed by atoms with Crippen LogP contribution in [0.4, 0.5) is 5.82 Å². The van der Waals surface area contributed by atoms with E-state index < -0.39 is 5.92 Å². The summed E-state index contributed by atoms with van der Waals surface area (Å²) < 4.78 is 11.3. The normalized spacial score (nSPS) is 19.6. The van der Waals surface area contributed by atoms with Gasteiger partial charge in [-0.25, -0.2) is 4.98 Å². The molecule has 2 aromatic rings. The van der Waals surface area contributed by atoms with Crippen LogP contribution >= 0.6 is 0 Å². The summed E-state index contributed by atoms with van der Waals surface area (Å²) in [7, 11) is 1.57. The van der Waals surface area contributed by atoms with Crippen LogP contribution in [0.25, 0.3) is 0 Å². The Kier molecular flexibility index (Phi) is 7.05. The third kappa shape index (κ3) is 4.99. The van der Waals surface area contributed by atoms with E-state index in [1.807, 2.05) is 38.1 Å². The van der Waals surface area contributed by atoms with Gasteiger partial charge in [-0.3, -0.25) is 9.59 Å². The first-order chi connectivity index (χ1) is 16.8. The average Bonchev–Trinajstić information content (AvgIpc) is 2.82. The number of nitrogens with one attached hydrogen (secondary N) is 2. The van der Waals surface area contributed by atoms with E-state index in [9.17, 15) is 9.59 Å². The van der Waals surface area contributed by atoms with Gasteiger partial charge in [0, 0.05) is 41.1 Å². The van der Waals surface area contributed by atoms with Gasteiger partial charge in [-0.2, -0.15) is 0 Å². The third-order valence-electron chi connectivity index (χ3n) is 6.31. The second-order valence-electron chi connectivity index (χ2n) is 9.11. The van der Waals surface area contributed by atoms with Crippen molar-refractivity contribution >= 4 is 17.5 Å². The Labute approximate surface area is 205 Å². The van der Waals surface area contributed by atoms with E-state index in [2.05, 4.69) is 29.1 Å². The van der Waals surface area contributed by atoms with Crippen molar-refractivity contribution < 1.29 is 19.1 Å². The van der Waals surface area contributed by atoms with E-state index in [-0.39, 0.29) is 17.6 Å². The first-order valence-corrected chi connectivity index (χ1v) is 11.7. The fraction of sp³-hybridized carbons (Fsp3) is 0.321. The second-order valence-corrected chi connectivity index (χ2v) is 9.11. The van der Waals surface area contributed by atoms with Crippen LogP contribution in [0.5, 0.6) is 11.5 Å². The standard InChI is InChI=1S/C28H31N3O4/c1-6-11-35-22-9-8-19(14-23(22)34-5)26-25(28(33)31-24-10-7-16(2)15-29-24)18(4)30-20-12-17(3)13-21(32)27(20)26/h6-10,14-15,17,26,30H,1,11-13H2,2-5H3,(H,29,31,33)/t17-,26-/m0/s1. The van der Waals surface area contributed by atoms with Gasteiger partial charge in [-0.15, -0.1) is 0 Å². The van der Waals surface area contributed by atoms with E-state index in [0.717, 1.165) is 23.2 Å². The number of pyridine rings is 1. The molecule has 2 aliphatic rings. The summed E-state index contributed by atoms with van der Waals surface area (Å²) in [6.07, 6.45) is 4.56. The monoisotopic (exact) mass is 473 g/mol. The molecule has 0 unspecified atom stereocenters.